The lowest BCUT2D eigenvalue weighted by Gasteiger charge is -2.25. The van der Waals surface area contributed by atoms with E-state index < -0.39 is 12.1 Å². The molecule has 0 saturated carbocycles. The topological polar surface area (TPSA) is 97.3 Å². The summed E-state index contributed by atoms with van der Waals surface area (Å²) >= 11 is 1.24. The monoisotopic (exact) mass is 498 g/mol. The number of methoxy groups -OCH3 is 2. The molecule has 186 valence electrons. The van der Waals surface area contributed by atoms with Crippen molar-refractivity contribution in [2.45, 2.75) is 20.0 Å². The van der Waals surface area contributed by atoms with Gasteiger partial charge in [-0.3, -0.25) is 4.79 Å². The smallest absolute Gasteiger partial charge is 0.341 e. The van der Waals surface area contributed by atoms with Gasteiger partial charge in [-0.25, -0.2) is 4.79 Å². The highest BCUT2D eigenvalue weighted by atomic mass is 32.1. The third-order valence-electron chi connectivity index (χ3n) is 5.16. The van der Waals surface area contributed by atoms with Gasteiger partial charge in [0.25, 0.3) is 0 Å². The largest absolute Gasteiger partial charge is 0.493 e. The molecule has 1 atom stereocenters. The van der Waals surface area contributed by atoms with Gasteiger partial charge < -0.3 is 29.5 Å². The fourth-order valence-corrected chi connectivity index (χ4v) is 4.60. The number of benzene rings is 2. The SMILES string of the molecule is CCOC(=O)c1c(-c2ccc(OC)c(OC)c2)csc1NC(=O)CN(CC(C)O)c1ccccc1. The summed E-state index contributed by atoms with van der Waals surface area (Å²) in [6.45, 7) is 3.88. The number of carbonyl (C=O) groups is 2. The van der Waals surface area contributed by atoms with Gasteiger partial charge in [0.15, 0.2) is 11.5 Å². The minimum absolute atomic E-state index is 0.000765. The first-order valence-corrected chi connectivity index (χ1v) is 12.0. The molecule has 1 unspecified atom stereocenters. The van der Waals surface area contributed by atoms with Crippen LogP contribution in [-0.4, -0.2) is 57.0 Å². The van der Waals surface area contributed by atoms with Crippen molar-refractivity contribution in [1.82, 2.24) is 0 Å². The van der Waals surface area contributed by atoms with Gasteiger partial charge in [0.1, 0.15) is 10.6 Å². The fourth-order valence-electron chi connectivity index (χ4n) is 3.63. The summed E-state index contributed by atoms with van der Waals surface area (Å²) in [5.41, 5.74) is 2.43. The summed E-state index contributed by atoms with van der Waals surface area (Å²) in [4.78, 5) is 27.7. The molecule has 0 saturated heterocycles. The van der Waals surface area contributed by atoms with Gasteiger partial charge in [-0.05, 0) is 43.7 Å². The van der Waals surface area contributed by atoms with Crippen molar-refractivity contribution in [2.75, 3.05) is 44.1 Å². The molecule has 0 radical (unpaired) electrons. The van der Waals surface area contributed by atoms with Gasteiger partial charge in [-0.1, -0.05) is 24.3 Å². The molecule has 3 aromatic rings. The van der Waals surface area contributed by atoms with Crippen LogP contribution in [0.3, 0.4) is 0 Å². The molecule has 3 rings (SSSR count). The summed E-state index contributed by atoms with van der Waals surface area (Å²) in [5, 5.41) is 15.0. The molecule has 2 aromatic carbocycles. The third-order valence-corrected chi connectivity index (χ3v) is 6.05. The van der Waals surface area contributed by atoms with Gasteiger partial charge >= 0.3 is 5.97 Å². The number of para-hydroxylation sites is 1. The second-order valence-electron chi connectivity index (χ2n) is 7.76. The minimum Gasteiger partial charge on any atom is -0.493 e. The molecule has 0 aliphatic rings. The van der Waals surface area contributed by atoms with Gasteiger partial charge in [0, 0.05) is 23.2 Å². The van der Waals surface area contributed by atoms with Gasteiger partial charge in [0.2, 0.25) is 5.91 Å². The minimum atomic E-state index is -0.628. The van der Waals surface area contributed by atoms with Crippen LogP contribution in [0.25, 0.3) is 11.1 Å². The number of amides is 1. The zero-order valence-corrected chi connectivity index (χ0v) is 21.1. The maximum Gasteiger partial charge on any atom is 0.341 e. The van der Waals surface area contributed by atoms with Gasteiger partial charge in [-0.2, -0.15) is 0 Å². The van der Waals surface area contributed by atoms with Crippen molar-refractivity contribution < 1.29 is 28.9 Å². The Morgan fingerprint density at radius 1 is 1.09 bits per heavy atom. The van der Waals surface area contributed by atoms with Crippen LogP contribution in [0, 0.1) is 0 Å². The Morgan fingerprint density at radius 2 is 1.80 bits per heavy atom. The van der Waals surface area contributed by atoms with Crippen LogP contribution in [0.1, 0.15) is 24.2 Å². The molecule has 2 N–H and O–H groups in total. The van der Waals surface area contributed by atoms with Crippen LogP contribution in [-0.2, 0) is 9.53 Å². The Morgan fingerprint density at radius 3 is 2.43 bits per heavy atom. The maximum absolute atomic E-state index is 13.0. The molecule has 1 amide bonds. The molecule has 0 bridgehead atoms. The Bertz CT molecular complexity index is 1150. The predicted octanol–water partition coefficient (Wildman–Crippen LogP) is 4.43. The number of aliphatic hydroxyl groups is 1. The molecule has 1 heterocycles. The van der Waals surface area contributed by atoms with E-state index in [4.69, 9.17) is 14.2 Å². The highest BCUT2D eigenvalue weighted by Crippen LogP contribution is 2.39. The molecular weight excluding hydrogens is 468 g/mol. The molecule has 35 heavy (non-hydrogen) atoms. The van der Waals surface area contributed by atoms with Gasteiger partial charge in [-0.15, -0.1) is 11.3 Å². The van der Waals surface area contributed by atoms with Crippen LogP contribution in [0.2, 0.25) is 0 Å². The number of carbonyl (C=O) groups excluding carboxylic acids is 2. The number of hydrogen-bond donors (Lipinski definition) is 2. The first-order valence-electron chi connectivity index (χ1n) is 11.2. The zero-order valence-electron chi connectivity index (χ0n) is 20.2. The average Bonchev–Trinajstić information content (AvgIpc) is 3.27. The number of rotatable bonds is 11. The maximum atomic E-state index is 13.0. The van der Waals surface area contributed by atoms with Gasteiger partial charge in [0.05, 0.1) is 33.5 Å². The molecule has 0 spiro atoms. The van der Waals surface area contributed by atoms with Crippen molar-refractivity contribution >= 4 is 33.9 Å². The lowest BCUT2D eigenvalue weighted by atomic mass is 10.0. The Hall–Kier alpha value is -3.56. The van der Waals surface area contributed by atoms with E-state index in [1.54, 1.807) is 50.5 Å². The Labute approximate surface area is 209 Å². The van der Waals surface area contributed by atoms with E-state index in [0.717, 1.165) is 11.3 Å². The number of anilines is 2. The van der Waals surface area contributed by atoms with E-state index in [1.165, 1.54) is 11.3 Å². The van der Waals surface area contributed by atoms with E-state index >= 15 is 0 Å². The molecule has 9 heteroatoms. The van der Waals surface area contributed by atoms with E-state index in [2.05, 4.69) is 5.32 Å². The first-order chi connectivity index (χ1) is 16.9. The molecule has 8 nitrogen and oxygen atoms in total. The Kier molecular flexibility index (Phi) is 9.11. The predicted molar refractivity (Wildman–Crippen MR) is 138 cm³/mol. The third kappa shape index (κ3) is 6.52. The summed E-state index contributed by atoms with van der Waals surface area (Å²) in [6, 6.07) is 14.7. The number of esters is 1. The van der Waals surface area contributed by atoms with Crippen LogP contribution in [0.15, 0.2) is 53.9 Å². The van der Waals surface area contributed by atoms with E-state index in [-0.39, 0.29) is 31.2 Å². The lowest BCUT2D eigenvalue weighted by molar-refractivity contribution is -0.115. The summed E-state index contributed by atoms with van der Waals surface area (Å²) in [5.74, 6) is 0.239. The molecule has 0 aliphatic heterocycles. The Balaban J connectivity index is 1.91. The molecule has 0 aliphatic carbocycles. The van der Waals surface area contributed by atoms with Crippen LogP contribution in [0.5, 0.6) is 11.5 Å². The number of nitrogens with zero attached hydrogens (tertiary/aromatic N) is 1. The van der Waals surface area contributed by atoms with E-state index in [0.29, 0.717) is 22.1 Å². The van der Waals surface area contributed by atoms with Crippen LogP contribution in [0.4, 0.5) is 10.7 Å². The van der Waals surface area contributed by atoms with Crippen molar-refractivity contribution in [3.05, 3.63) is 59.5 Å². The van der Waals surface area contributed by atoms with Crippen molar-refractivity contribution in [3.8, 4) is 22.6 Å². The second kappa shape index (κ2) is 12.2. The number of aliphatic hydroxyl groups excluding tert-OH is 1. The quantitative estimate of drug-likeness (QED) is 0.377. The fraction of sp³-hybridized carbons (Fsp3) is 0.308. The number of nitrogens with one attached hydrogen (secondary N) is 1. The normalized spacial score (nSPS) is 11.5. The zero-order chi connectivity index (χ0) is 25.4. The van der Waals surface area contributed by atoms with Crippen LogP contribution < -0.4 is 19.7 Å². The van der Waals surface area contributed by atoms with Crippen LogP contribution >= 0.6 is 11.3 Å². The van der Waals surface area contributed by atoms with E-state index in [9.17, 15) is 14.7 Å². The number of thiophene rings is 1. The summed E-state index contributed by atoms with van der Waals surface area (Å²) in [7, 11) is 3.09. The summed E-state index contributed by atoms with van der Waals surface area (Å²) in [6.07, 6.45) is -0.628. The highest BCUT2D eigenvalue weighted by Gasteiger charge is 2.24. The second-order valence-corrected chi connectivity index (χ2v) is 8.64. The molecule has 1 aromatic heterocycles. The van der Waals surface area contributed by atoms with Crippen molar-refractivity contribution in [2.24, 2.45) is 0 Å². The van der Waals surface area contributed by atoms with E-state index in [1.807, 2.05) is 36.4 Å². The standard InChI is InChI=1S/C26H30N2O6S/c1-5-34-26(31)24-20(18-11-12-21(32-3)22(13-18)33-4)16-35-25(24)27-23(30)15-28(14-17(2)29)19-9-7-6-8-10-19/h6-13,16-17,29H,5,14-15H2,1-4H3,(H,27,30). The average molecular weight is 499 g/mol. The highest BCUT2D eigenvalue weighted by molar-refractivity contribution is 7.15. The number of ether oxygens (including phenoxy) is 3. The molecule has 0 fully saturated rings. The summed E-state index contributed by atoms with van der Waals surface area (Å²) < 4.78 is 16.0. The lowest BCUT2D eigenvalue weighted by Crippen LogP contribution is -2.37. The van der Waals surface area contributed by atoms with Crippen molar-refractivity contribution in [3.63, 3.8) is 0 Å². The van der Waals surface area contributed by atoms with Crippen molar-refractivity contribution in [1.29, 1.82) is 0 Å². The number of hydrogen-bond acceptors (Lipinski definition) is 8. The first kappa shape index (κ1) is 26.1. The molecular formula is C26H30N2O6S.